The van der Waals surface area contributed by atoms with Gasteiger partial charge in [-0.05, 0) is 42.7 Å². The third kappa shape index (κ3) is 3.96. The van der Waals surface area contributed by atoms with E-state index in [-0.39, 0.29) is 18.3 Å². The Hall–Kier alpha value is -2.89. The maximum atomic E-state index is 12.9. The van der Waals surface area contributed by atoms with Gasteiger partial charge in [-0.25, -0.2) is 9.18 Å². The lowest BCUT2D eigenvalue weighted by Gasteiger charge is -2.22. The number of nitrogens with one attached hydrogen (secondary N) is 2. The molecule has 3 amide bonds. The van der Waals surface area contributed by atoms with Crippen molar-refractivity contribution in [1.82, 2.24) is 10.6 Å². The van der Waals surface area contributed by atoms with Crippen molar-refractivity contribution < 1.29 is 14.0 Å². The molecule has 6 heteroatoms. The lowest BCUT2D eigenvalue weighted by molar-refractivity contribution is -0.119. The molecule has 0 spiro atoms. The number of benzene rings is 2. The number of hydrogen-bond donors (Lipinski definition) is 2. The number of nitrogens with zero attached hydrogens (tertiary/aromatic N) is 1. The second-order valence-corrected chi connectivity index (χ2v) is 6.04. The summed E-state index contributed by atoms with van der Waals surface area (Å²) in [5.74, 6) is -0.458. The van der Waals surface area contributed by atoms with Crippen LogP contribution in [0.15, 0.2) is 48.5 Å². The highest BCUT2D eigenvalue weighted by atomic mass is 19.1. The molecule has 0 radical (unpaired) electrons. The van der Waals surface area contributed by atoms with Gasteiger partial charge < -0.3 is 15.5 Å². The van der Waals surface area contributed by atoms with Gasteiger partial charge in [0.1, 0.15) is 11.9 Å². The molecule has 0 saturated carbocycles. The zero-order valence-electron chi connectivity index (χ0n) is 14.0. The number of carbonyl (C=O) groups excluding carboxylic acids is 2. The molecule has 25 heavy (non-hydrogen) atoms. The maximum absolute atomic E-state index is 12.9. The van der Waals surface area contributed by atoms with Crippen molar-refractivity contribution in [2.75, 3.05) is 11.4 Å². The van der Waals surface area contributed by atoms with Crippen LogP contribution < -0.4 is 15.5 Å². The van der Waals surface area contributed by atoms with E-state index in [1.165, 1.54) is 12.1 Å². The third-order valence-corrected chi connectivity index (χ3v) is 4.24. The Morgan fingerprint density at radius 1 is 1.16 bits per heavy atom. The molecule has 1 aliphatic rings. The Labute approximate surface area is 145 Å². The first kappa shape index (κ1) is 17.0. The first-order valence-electron chi connectivity index (χ1n) is 8.22. The fraction of sp³-hybridized carbons (Fsp3) is 0.263. The van der Waals surface area contributed by atoms with Gasteiger partial charge in [0, 0.05) is 18.8 Å². The van der Waals surface area contributed by atoms with E-state index in [0.29, 0.717) is 6.54 Å². The quantitative estimate of drug-likeness (QED) is 0.898. The normalized spacial score (nSPS) is 13.9. The average molecular weight is 341 g/mol. The van der Waals surface area contributed by atoms with Crippen molar-refractivity contribution >= 4 is 17.6 Å². The van der Waals surface area contributed by atoms with Gasteiger partial charge in [-0.2, -0.15) is 0 Å². The molecule has 0 aliphatic carbocycles. The van der Waals surface area contributed by atoms with Crippen LogP contribution in [0.4, 0.5) is 14.9 Å². The number of para-hydroxylation sites is 1. The summed E-state index contributed by atoms with van der Waals surface area (Å²) in [6, 6.07) is 12.6. The predicted octanol–water partition coefficient (Wildman–Crippen LogP) is 2.60. The molecule has 2 aromatic carbocycles. The fourth-order valence-corrected chi connectivity index (χ4v) is 2.89. The lowest BCUT2D eigenvalue weighted by atomic mass is 10.2. The number of amides is 3. The Kier molecular flexibility index (Phi) is 4.97. The molecule has 0 aromatic heterocycles. The topological polar surface area (TPSA) is 61.4 Å². The molecule has 0 unspecified atom stereocenters. The highest BCUT2D eigenvalue weighted by molar-refractivity contribution is 6.00. The van der Waals surface area contributed by atoms with Gasteiger partial charge >= 0.3 is 6.03 Å². The molecule has 1 aliphatic heterocycles. The number of fused-ring (bicyclic) bond motifs is 1. The van der Waals surface area contributed by atoms with E-state index in [1.54, 1.807) is 24.0 Å². The van der Waals surface area contributed by atoms with Gasteiger partial charge in [-0.1, -0.05) is 30.3 Å². The highest BCUT2D eigenvalue weighted by Crippen LogP contribution is 2.27. The van der Waals surface area contributed by atoms with Gasteiger partial charge in [0.05, 0.1) is 0 Å². The molecule has 0 bridgehead atoms. The monoisotopic (exact) mass is 341 g/mol. The average Bonchev–Trinajstić information content (AvgIpc) is 3.04. The summed E-state index contributed by atoms with van der Waals surface area (Å²) < 4.78 is 12.9. The van der Waals surface area contributed by atoms with Gasteiger partial charge in [0.2, 0.25) is 5.91 Å². The van der Waals surface area contributed by atoms with Crippen LogP contribution in [0, 0.1) is 5.82 Å². The number of hydrogen-bond acceptors (Lipinski definition) is 2. The smallest absolute Gasteiger partial charge is 0.315 e. The van der Waals surface area contributed by atoms with Crippen molar-refractivity contribution in [3.05, 3.63) is 65.5 Å². The second kappa shape index (κ2) is 7.34. The summed E-state index contributed by atoms with van der Waals surface area (Å²) in [5.41, 5.74) is 2.83. The standard InChI is InChI=1S/C19H20FN3O2/c1-13(18(24)23-11-10-15-4-2-3-5-17(15)23)22-19(25)21-12-14-6-8-16(20)9-7-14/h2-9,13H,10-12H2,1H3,(H2,21,22,25)/t13-/m1/s1. The van der Waals surface area contributed by atoms with Crippen molar-refractivity contribution in [3.8, 4) is 0 Å². The SMILES string of the molecule is C[C@@H](NC(=O)NCc1ccc(F)cc1)C(=O)N1CCc2ccccc21. The van der Waals surface area contributed by atoms with E-state index in [1.807, 2.05) is 24.3 Å². The van der Waals surface area contributed by atoms with E-state index in [9.17, 15) is 14.0 Å². The van der Waals surface area contributed by atoms with E-state index >= 15 is 0 Å². The maximum Gasteiger partial charge on any atom is 0.315 e. The predicted molar refractivity (Wildman–Crippen MR) is 93.7 cm³/mol. The van der Waals surface area contributed by atoms with E-state index < -0.39 is 12.1 Å². The summed E-state index contributed by atoms with van der Waals surface area (Å²) in [7, 11) is 0. The van der Waals surface area contributed by atoms with Gasteiger partial charge in [-0.3, -0.25) is 4.79 Å². The van der Waals surface area contributed by atoms with Crippen molar-refractivity contribution in [1.29, 1.82) is 0 Å². The fourth-order valence-electron chi connectivity index (χ4n) is 2.89. The van der Waals surface area contributed by atoms with Crippen molar-refractivity contribution in [2.45, 2.75) is 25.9 Å². The van der Waals surface area contributed by atoms with Gasteiger partial charge in [0.15, 0.2) is 0 Å². The summed E-state index contributed by atoms with van der Waals surface area (Å²) in [6.45, 7) is 2.56. The number of anilines is 1. The molecule has 2 N–H and O–H groups in total. The molecule has 130 valence electrons. The summed E-state index contributed by atoms with van der Waals surface area (Å²) in [6.07, 6.45) is 0.825. The van der Waals surface area contributed by atoms with Crippen molar-refractivity contribution in [3.63, 3.8) is 0 Å². The minimum absolute atomic E-state index is 0.137. The van der Waals surface area contributed by atoms with Gasteiger partial charge in [0.25, 0.3) is 0 Å². The molecule has 0 fully saturated rings. The molecule has 1 heterocycles. The molecule has 3 rings (SSSR count). The summed E-state index contributed by atoms with van der Waals surface area (Å²) >= 11 is 0. The zero-order valence-corrected chi connectivity index (χ0v) is 14.0. The van der Waals surface area contributed by atoms with E-state index in [4.69, 9.17) is 0 Å². The number of urea groups is 1. The van der Waals surface area contributed by atoms with Crippen LogP contribution in [0.1, 0.15) is 18.1 Å². The lowest BCUT2D eigenvalue weighted by Crippen LogP contribution is -2.49. The molecule has 5 nitrogen and oxygen atoms in total. The first-order chi connectivity index (χ1) is 12.0. The van der Waals surface area contributed by atoms with E-state index in [0.717, 1.165) is 23.2 Å². The second-order valence-electron chi connectivity index (χ2n) is 6.04. The van der Waals surface area contributed by atoms with Crippen molar-refractivity contribution in [2.24, 2.45) is 0 Å². The molecular weight excluding hydrogens is 321 g/mol. The zero-order chi connectivity index (χ0) is 17.8. The van der Waals surface area contributed by atoms with Crippen LogP contribution in [0.2, 0.25) is 0 Å². The van der Waals surface area contributed by atoms with Crippen LogP contribution >= 0.6 is 0 Å². The Morgan fingerprint density at radius 3 is 2.64 bits per heavy atom. The highest BCUT2D eigenvalue weighted by Gasteiger charge is 2.28. The summed E-state index contributed by atoms with van der Waals surface area (Å²) in [4.78, 5) is 26.3. The first-order valence-corrected chi connectivity index (χ1v) is 8.22. The van der Waals surface area contributed by atoms with Gasteiger partial charge in [-0.15, -0.1) is 0 Å². The van der Waals surface area contributed by atoms with Crippen LogP contribution in [-0.2, 0) is 17.8 Å². The Balaban J connectivity index is 1.53. The number of rotatable bonds is 4. The minimum Gasteiger partial charge on any atom is -0.334 e. The summed E-state index contributed by atoms with van der Waals surface area (Å²) in [5, 5.41) is 5.32. The molecular formula is C19H20FN3O2. The van der Waals surface area contributed by atoms with Crippen LogP contribution in [-0.4, -0.2) is 24.5 Å². The van der Waals surface area contributed by atoms with Crippen LogP contribution in [0.5, 0.6) is 0 Å². The third-order valence-electron chi connectivity index (χ3n) is 4.24. The molecule has 0 saturated heterocycles. The molecule has 1 atom stereocenters. The van der Waals surface area contributed by atoms with E-state index in [2.05, 4.69) is 10.6 Å². The van der Waals surface area contributed by atoms with Crippen LogP contribution in [0.3, 0.4) is 0 Å². The van der Waals surface area contributed by atoms with Crippen LogP contribution in [0.25, 0.3) is 0 Å². The molecule has 2 aromatic rings. The largest absolute Gasteiger partial charge is 0.334 e. The number of carbonyl (C=O) groups is 2. The Morgan fingerprint density at radius 2 is 1.88 bits per heavy atom. The number of halogens is 1. The Bertz CT molecular complexity index is 776. The minimum atomic E-state index is -0.639.